The highest BCUT2D eigenvalue weighted by atomic mass is 32.2. The number of aromatic hydroxyl groups is 1. The summed E-state index contributed by atoms with van der Waals surface area (Å²) in [7, 11) is -3.59. The van der Waals surface area contributed by atoms with Gasteiger partial charge >= 0.3 is 0 Å². The van der Waals surface area contributed by atoms with E-state index in [0.29, 0.717) is 25.7 Å². The van der Waals surface area contributed by atoms with E-state index in [2.05, 4.69) is 4.72 Å². The normalized spacial score (nSPS) is 24.9. The zero-order chi connectivity index (χ0) is 13.2. The third-order valence-electron chi connectivity index (χ3n) is 3.15. The Bertz CT molecular complexity index is 507. The summed E-state index contributed by atoms with van der Waals surface area (Å²) in [5, 5.41) is 18.7. The minimum atomic E-state index is -3.59. The van der Waals surface area contributed by atoms with Crippen molar-refractivity contribution in [1.29, 1.82) is 0 Å². The first-order valence-corrected chi connectivity index (χ1v) is 7.45. The molecule has 100 valence electrons. The summed E-state index contributed by atoms with van der Waals surface area (Å²) in [5.41, 5.74) is 0. The van der Waals surface area contributed by atoms with Gasteiger partial charge in [0, 0.05) is 6.04 Å². The summed E-state index contributed by atoms with van der Waals surface area (Å²) >= 11 is 0. The Morgan fingerprint density at radius 2 is 1.83 bits per heavy atom. The van der Waals surface area contributed by atoms with Crippen molar-refractivity contribution in [3.05, 3.63) is 24.3 Å². The molecule has 0 atom stereocenters. The van der Waals surface area contributed by atoms with Crippen molar-refractivity contribution in [2.24, 2.45) is 0 Å². The number of phenolic OH excluding ortho intramolecular Hbond substituents is 1. The van der Waals surface area contributed by atoms with Gasteiger partial charge in [0.05, 0.1) is 11.0 Å². The third-order valence-corrected chi connectivity index (χ3v) is 4.66. The van der Waals surface area contributed by atoms with E-state index in [1.807, 2.05) is 0 Å². The lowest BCUT2D eigenvalue weighted by molar-refractivity contribution is 0.120. The van der Waals surface area contributed by atoms with Crippen molar-refractivity contribution in [2.75, 3.05) is 0 Å². The monoisotopic (exact) mass is 271 g/mol. The molecule has 0 bridgehead atoms. The molecule has 1 fully saturated rings. The molecule has 0 saturated heterocycles. The Labute approximate surface area is 107 Å². The van der Waals surface area contributed by atoms with Crippen LogP contribution in [0.1, 0.15) is 25.7 Å². The maximum absolute atomic E-state index is 12.0. The second-order valence-corrected chi connectivity index (χ2v) is 6.34. The Hall–Kier alpha value is -1.11. The van der Waals surface area contributed by atoms with Gasteiger partial charge in [-0.2, -0.15) is 0 Å². The van der Waals surface area contributed by atoms with Crippen molar-refractivity contribution in [1.82, 2.24) is 4.72 Å². The van der Waals surface area contributed by atoms with E-state index in [0.717, 1.165) is 0 Å². The molecule has 1 aromatic rings. The van der Waals surface area contributed by atoms with Crippen molar-refractivity contribution < 1.29 is 18.6 Å². The average Bonchev–Trinajstić information content (AvgIpc) is 2.32. The van der Waals surface area contributed by atoms with Crippen LogP contribution in [0.5, 0.6) is 5.75 Å². The van der Waals surface area contributed by atoms with Crippen LogP contribution in [0.15, 0.2) is 29.2 Å². The van der Waals surface area contributed by atoms with Crippen LogP contribution in [0.3, 0.4) is 0 Å². The molecule has 5 nitrogen and oxygen atoms in total. The maximum Gasteiger partial charge on any atom is 0.240 e. The number of phenols is 1. The molecular formula is C12H17NO4S. The fourth-order valence-corrected chi connectivity index (χ4v) is 3.48. The number of rotatable bonds is 3. The van der Waals surface area contributed by atoms with E-state index in [4.69, 9.17) is 0 Å². The van der Waals surface area contributed by atoms with Crippen LogP contribution in [0.25, 0.3) is 0 Å². The molecule has 1 saturated carbocycles. The van der Waals surface area contributed by atoms with Gasteiger partial charge < -0.3 is 10.2 Å². The average molecular weight is 271 g/mol. The molecule has 18 heavy (non-hydrogen) atoms. The van der Waals surface area contributed by atoms with Gasteiger partial charge in [0.25, 0.3) is 0 Å². The number of aliphatic hydroxyl groups excluding tert-OH is 1. The summed E-state index contributed by atoms with van der Waals surface area (Å²) in [6.45, 7) is 0. The molecule has 6 heteroatoms. The third kappa shape index (κ3) is 3.22. The van der Waals surface area contributed by atoms with Gasteiger partial charge in [0.2, 0.25) is 10.0 Å². The van der Waals surface area contributed by atoms with Crippen molar-refractivity contribution in [2.45, 2.75) is 42.7 Å². The van der Waals surface area contributed by atoms with Crippen LogP contribution < -0.4 is 4.72 Å². The van der Waals surface area contributed by atoms with Gasteiger partial charge in [-0.1, -0.05) is 6.07 Å². The molecule has 0 aliphatic heterocycles. The van der Waals surface area contributed by atoms with Crippen LogP contribution in [-0.2, 0) is 10.0 Å². The van der Waals surface area contributed by atoms with Gasteiger partial charge in [-0.3, -0.25) is 0 Å². The van der Waals surface area contributed by atoms with Crippen molar-refractivity contribution in [3.63, 3.8) is 0 Å². The number of hydrogen-bond acceptors (Lipinski definition) is 4. The smallest absolute Gasteiger partial charge is 0.240 e. The lowest BCUT2D eigenvalue weighted by atomic mass is 9.94. The minimum absolute atomic E-state index is 0.0635. The Morgan fingerprint density at radius 1 is 1.17 bits per heavy atom. The zero-order valence-electron chi connectivity index (χ0n) is 9.91. The first kappa shape index (κ1) is 13.3. The fraction of sp³-hybridized carbons (Fsp3) is 0.500. The summed E-state index contributed by atoms with van der Waals surface area (Å²) in [6, 6.07) is 5.45. The summed E-state index contributed by atoms with van der Waals surface area (Å²) in [4.78, 5) is 0.0635. The van der Waals surface area contributed by atoms with Crippen molar-refractivity contribution >= 4 is 10.0 Å². The lowest BCUT2D eigenvalue weighted by Crippen LogP contribution is -2.38. The molecule has 2 rings (SSSR count). The topological polar surface area (TPSA) is 86.6 Å². The summed E-state index contributed by atoms with van der Waals surface area (Å²) < 4.78 is 26.7. The number of sulfonamides is 1. The van der Waals surface area contributed by atoms with Gasteiger partial charge in [-0.15, -0.1) is 0 Å². The van der Waals surface area contributed by atoms with Crippen LogP contribution in [0, 0.1) is 0 Å². The summed E-state index contributed by atoms with van der Waals surface area (Å²) in [5.74, 6) is -0.0723. The molecule has 0 spiro atoms. The highest BCUT2D eigenvalue weighted by Gasteiger charge is 2.24. The number of hydrogen-bond donors (Lipinski definition) is 3. The highest BCUT2D eigenvalue weighted by molar-refractivity contribution is 7.89. The first-order chi connectivity index (χ1) is 8.47. The quantitative estimate of drug-likeness (QED) is 0.764. The molecule has 0 heterocycles. The van der Waals surface area contributed by atoms with E-state index < -0.39 is 10.0 Å². The fourth-order valence-electron chi connectivity index (χ4n) is 2.13. The van der Waals surface area contributed by atoms with E-state index >= 15 is 0 Å². The number of benzene rings is 1. The molecule has 1 aliphatic rings. The predicted octanol–water partition coefficient (Wildman–Crippen LogP) is 0.974. The van der Waals surface area contributed by atoms with Crippen LogP contribution in [-0.4, -0.2) is 30.8 Å². The van der Waals surface area contributed by atoms with E-state index in [9.17, 15) is 18.6 Å². The van der Waals surface area contributed by atoms with E-state index in [1.165, 1.54) is 24.3 Å². The first-order valence-electron chi connectivity index (χ1n) is 5.97. The molecule has 0 amide bonds. The second kappa shape index (κ2) is 5.26. The molecule has 0 aromatic heterocycles. The van der Waals surface area contributed by atoms with E-state index in [-0.39, 0.29) is 22.8 Å². The molecule has 0 radical (unpaired) electrons. The Balaban J connectivity index is 2.08. The van der Waals surface area contributed by atoms with Crippen LogP contribution in [0.2, 0.25) is 0 Å². The predicted molar refractivity (Wildman–Crippen MR) is 66.7 cm³/mol. The standard InChI is InChI=1S/C12H17NO4S/c14-10-6-4-9(5-7-10)13-18(16,17)12-3-1-2-11(15)8-12/h1-3,8-10,13-15H,4-7H2. The van der Waals surface area contributed by atoms with Gasteiger partial charge in [-0.25, -0.2) is 13.1 Å². The van der Waals surface area contributed by atoms with Crippen molar-refractivity contribution in [3.8, 4) is 5.75 Å². The molecule has 0 unspecified atom stereocenters. The molecule has 1 aromatic carbocycles. The van der Waals surface area contributed by atoms with Gasteiger partial charge in [0.1, 0.15) is 5.75 Å². The van der Waals surface area contributed by atoms with Gasteiger partial charge in [0.15, 0.2) is 0 Å². The largest absolute Gasteiger partial charge is 0.508 e. The lowest BCUT2D eigenvalue weighted by Gasteiger charge is -2.25. The second-order valence-electron chi connectivity index (χ2n) is 4.62. The molecule has 1 aliphatic carbocycles. The minimum Gasteiger partial charge on any atom is -0.508 e. The highest BCUT2D eigenvalue weighted by Crippen LogP contribution is 2.21. The SMILES string of the molecule is O=S(=O)(NC1CCC(O)CC1)c1cccc(O)c1. The number of nitrogens with one attached hydrogen (secondary N) is 1. The summed E-state index contributed by atoms with van der Waals surface area (Å²) in [6.07, 6.45) is 2.20. The maximum atomic E-state index is 12.0. The van der Waals surface area contributed by atoms with Crippen LogP contribution >= 0.6 is 0 Å². The van der Waals surface area contributed by atoms with Gasteiger partial charge in [-0.05, 0) is 43.9 Å². The zero-order valence-corrected chi connectivity index (χ0v) is 10.7. The molecule has 3 N–H and O–H groups in total. The Morgan fingerprint density at radius 3 is 2.44 bits per heavy atom. The van der Waals surface area contributed by atoms with E-state index in [1.54, 1.807) is 0 Å². The number of aliphatic hydroxyl groups is 1. The molecular weight excluding hydrogens is 254 g/mol. The van der Waals surface area contributed by atoms with Crippen LogP contribution in [0.4, 0.5) is 0 Å². The Kier molecular flexibility index (Phi) is 3.89.